The van der Waals surface area contributed by atoms with E-state index in [0.717, 1.165) is 13.2 Å². The maximum absolute atomic E-state index is 5.12. The molecule has 1 aliphatic rings. The molecule has 0 aliphatic heterocycles. The van der Waals surface area contributed by atoms with Crippen LogP contribution >= 0.6 is 0 Å². The Hall–Kier alpha value is -1.32. The third-order valence-corrected chi connectivity index (χ3v) is 4.06. The highest BCUT2D eigenvalue weighted by atomic mass is 16.5. The van der Waals surface area contributed by atoms with Gasteiger partial charge in [-0.05, 0) is 43.9 Å². The lowest BCUT2D eigenvalue weighted by Crippen LogP contribution is -2.28. The van der Waals surface area contributed by atoms with Gasteiger partial charge in [0.1, 0.15) is 0 Å². The lowest BCUT2D eigenvalue weighted by molar-refractivity contribution is 0.194. The van der Waals surface area contributed by atoms with E-state index in [9.17, 15) is 0 Å². The van der Waals surface area contributed by atoms with Crippen LogP contribution in [0.5, 0.6) is 0 Å². The van der Waals surface area contributed by atoms with Gasteiger partial charge in [0.15, 0.2) is 0 Å². The first-order valence-electron chi connectivity index (χ1n) is 7.13. The maximum Gasteiger partial charge on any atom is 0.0587 e. The quantitative estimate of drug-likeness (QED) is 0.827. The van der Waals surface area contributed by atoms with Crippen molar-refractivity contribution in [2.45, 2.75) is 32.2 Å². The van der Waals surface area contributed by atoms with Gasteiger partial charge in [-0.2, -0.15) is 0 Å². The number of H-pyrrole nitrogens is 1. The third kappa shape index (κ3) is 2.40. The van der Waals surface area contributed by atoms with E-state index in [1.54, 1.807) is 7.11 Å². The van der Waals surface area contributed by atoms with Gasteiger partial charge in [-0.1, -0.05) is 11.6 Å². The van der Waals surface area contributed by atoms with Gasteiger partial charge in [0.05, 0.1) is 6.61 Å². The van der Waals surface area contributed by atoms with Crippen LogP contribution in [0, 0.1) is 6.92 Å². The van der Waals surface area contributed by atoms with Crippen LogP contribution in [0.3, 0.4) is 0 Å². The number of hydrogen-bond donors (Lipinski definition) is 2. The zero-order valence-corrected chi connectivity index (χ0v) is 11.8. The SMILES string of the molecule is COCCNC1CCCc2c1[nH]c1ccc(C)cc21. The van der Waals surface area contributed by atoms with Crippen molar-refractivity contribution in [2.75, 3.05) is 20.3 Å². The van der Waals surface area contributed by atoms with Crippen molar-refractivity contribution < 1.29 is 4.74 Å². The molecule has 0 bridgehead atoms. The zero-order valence-electron chi connectivity index (χ0n) is 11.8. The summed E-state index contributed by atoms with van der Waals surface area (Å²) in [6, 6.07) is 7.14. The number of fused-ring (bicyclic) bond motifs is 3. The molecule has 3 nitrogen and oxygen atoms in total. The minimum absolute atomic E-state index is 0.451. The molecule has 3 rings (SSSR count). The smallest absolute Gasteiger partial charge is 0.0587 e. The summed E-state index contributed by atoms with van der Waals surface area (Å²) in [5.41, 5.74) is 5.52. The molecule has 3 heteroatoms. The van der Waals surface area contributed by atoms with E-state index < -0.39 is 0 Å². The zero-order chi connectivity index (χ0) is 13.2. The van der Waals surface area contributed by atoms with Gasteiger partial charge in [0.2, 0.25) is 0 Å². The van der Waals surface area contributed by atoms with Gasteiger partial charge in [-0.3, -0.25) is 0 Å². The summed E-state index contributed by atoms with van der Waals surface area (Å²) in [5.74, 6) is 0. The van der Waals surface area contributed by atoms with Gasteiger partial charge in [-0.25, -0.2) is 0 Å². The van der Waals surface area contributed by atoms with E-state index >= 15 is 0 Å². The number of rotatable bonds is 4. The van der Waals surface area contributed by atoms with E-state index in [4.69, 9.17) is 4.74 Å². The number of methoxy groups -OCH3 is 1. The predicted octanol–water partition coefficient (Wildman–Crippen LogP) is 3.09. The molecule has 1 heterocycles. The number of aryl methyl sites for hydroxylation is 2. The summed E-state index contributed by atoms with van der Waals surface area (Å²) < 4.78 is 5.12. The van der Waals surface area contributed by atoms with Gasteiger partial charge in [0, 0.05) is 36.3 Å². The van der Waals surface area contributed by atoms with E-state index in [1.807, 2.05) is 0 Å². The molecular weight excluding hydrogens is 236 g/mol. The van der Waals surface area contributed by atoms with Crippen molar-refractivity contribution in [3.8, 4) is 0 Å². The highest BCUT2D eigenvalue weighted by Crippen LogP contribution is 2.34. The Morgan fingerprint density at radius 1 is 1.42 bits per heavy atom. The minimum atomic E-state index is 0.451. The normalized spacial score (nSPS) is 18.7. The summed E-state index contributed by atoms with van der Waals surface area (Å²) >= 11 is 0. The van der Waals surface area contributed by atoms with Gasteiger partial charge >= 0.3 is 0 Å². The van der Waals surface area contributed by atoms with E-state index in [0.29, 0.717) is 6.04 Å². The van der Waals surface area contributed by atoms with Crippen molar-refractivity contribution in [1.29, 1.82) is 0 Å². The molecule has 0 amide bonds. The third-order valence-electron chi connectivity index (χ3n) is 4.06. The number of ether oxygens (including phenoxy) is 1. The Labute approximate surface area is 114 Å². The van der Waals surface area contributed by atoms with Crippen LogP contribution in [0.1, 0.15) is 35.7 Å². The molecule has 19 heavy (non-hydrogen) atoms. The topological polar surface area (TPSA) is 37.0 Å². The Balaban J connectivity index is 1.93. The molecule has 0 saturated carbocycles. The van der Waals surface area contributed by atoms with Crippen LogP contribution in [-0.4, -0.2) is 25.2 Å². The number of aromatic nitrogens is 1. The molecular formula is C16H22N2O. The highest BCUT2D eigenvalue weighted by Gasteiger charge is 2.23. The van der Waals surface area contributed by atoms with Crippen molar-refractivity contribution >= 4 is 10.9 Å². The number of hydrogen-bond acceptors (Lipinski definition) is 2. The fraction of sp³-hybridized carbons (Fsp3) is 0.500. The Bertz CT molecular complexity index is 573. The maximum atomic E-state index is 5.12. The van der Waals surface area contributed by atoms with Crippen molar-refractivity contribution in [3.05, 3.63) is 35.0 Å². The van der Waals surface area contributed by atoms with Crippen LogP contribution in [0.2, 0.25) is 0 Å². The van der Waals surface area contributed by atoms with Crippen LogP contribution in [0.25, 0.3) is 10.9 Å². The Morgan fingerprint density at radius 3 is 3.16 bits per heavy atom. The summed E-state index contributed by atoms with van der Waals surface area (Å²) in [5, 5.41) is 5.01. The summed E-state index contributed by atoms with van der Waals surface area (Å²) in [6.07, 6.45) is 3.67. The monoisotopic (exact) mass is 258 g/mol. The lowest BCUT2D eigenvalue weighted by atomic mass is 9.91. The second-order valence-corrected chi connectivity index (χ2v) is 5.46. The minimum Gasteiger partial charge on any atom is -0.383 e. The fourth-order valence-corrected chi connectivity index (χ4v) is 3.12. The molecule has 102 valence electrons. The Kier molecular flexibility index (Phi) is 3.58. The molecule has 2 aromatic rings. The van der Waals surface area contributed by atoms with Crippen LogP contribution < -0.4 is 5.32 Å². The van der Waals surface area contributed by atoms with Gasteiger partial charge in [0.25, 0.3) is 0 Å². The van der Waals surface area contributed by atoms with Crippen molar-refractivity contribution in [2.24, 2.45) is 0 Å². The average Bonchev–Trinajstić information content (AvgIpc) is 2.78. The van der Waals surface area contributed by atoms with Crippen molar-refractivity contribution in [3.63, 3.8) is 0 Å². The van der Waals surface area contributed by atoms with E-state index in [1.165, 1.54) is 47.0 Å². The largest absolute Gasteiger partial charge is 0.383 e. The van der Waals surface area contributed by atoms with Gasteiger partial charge in [-0.15, -0.1) is 0 Å². The van der Waals surface area contributed by atoms with E-state index in [-0.39, 0.29) is 0 Å². The molecule has 0 radical (unpaired) electrons. The first kappa shape index (κ1) is 12.7. The molecule has 1 aliphatic carbocycles. The fourth-order valence-electron chi connectivity index (χ4n) is 3.12. The molecule has 0 fully saturated rings. The number of nitrogens with one attached hydrogen (secondary N) is 2. The molecule has 0 saturated heterocycles. The number of aromatic amines is 1. The Morgan fingerprint density at radius 2 is 2.32 bits per heavy atom. The summed E-state index contributed by atoms with van der Waals surface area (Å²) in [4.78, 5) is 3.62. The second-order valence-electron chi connectivity index (χ2n) is 5.46. The molecule has 1 aromatic carbocycles. The standard InChI is InChI=1S/C16H22N2O/c1-11-6-7-14-13(10-11)12-4-3-5-15(16(12)18-14)17-8-9-19-2/h6-7,10,15,17-18H,3-5,8-9H2,1-2H3. The molecule has 2 N–H and O–H groups in total. The summed E-state index contributed by atoms with van der Waals surface area (Å²) in [7, 11) is 1.75. The highest BCUT2D eigenvalue weighted by molar-refractivity contribution is 5.85. The average molecular weight is 258 g/mol. The van der Waals surface area contributed by atoms with Crippen LogP contribution in [-0.2, 0) is 11.2 Å². The predicted molar refractivity (Wildman–Crippen MR) is 78.6 cm³/mol. The molecule has 1 atom stereocenters. The van der Waals surface area contributed by atoms with Crippen LogP contribution in [0.15, 0.2) is 18.2 Å². The first-order chi connectivity index (χ1) is 9.29. The van der Waals surface area contributed by atoms with E-state index in [2.05, 4.69) is 35.4 Å². The first-order valence-corrected chi connectivity index (χ1v) is 7.13. The lowest BCUT2D eigenvalue weighted by Gasteiger charge is -2.23. The summed E-state index contributed by atoms with van der Waals surface area (Å²) in [6.45, 7) is 3.84. The molecule has 0 spiro atoms. The van der Waals surface area contributed by atoms with Crippen LogP contribution in [0.4, 0.5) is 0 Å². The molecule has 1 unspecified atom stereocenters. The van der Waals surface area contributed by atoms with Gasteiger partial charge < -0.3 is 15.0 Å². The molecule has 1 aromatic heterocycles. The number of benzene rings is 1. The van der Waals surface area contributed by atoms with Crippen molar-refractivity contribution in [1.82, 2.24) is 10.3 Å². The second kappa shape index (κ2) is 5.35.